The summed E-state index contributed by atoms with van der Waals surface area (Å²) in [6.07, 6.45) is 2.12. The highest BCUT2D eigenvalue weighted by molar-refractivity contribution is 5.94. The van der Waals surface area contributed by atoms with E-state index < -0.39 is 35.4 Å². The predicted molar refractivity (Wildman–Crippen MR) is 111 cm³/mol. The number of amides is 2. The summed E-state index contributed by atoms with van der Waals surface area (Å²) in [6.45, 7) is 12.0. The molecule has 0 unspecified atom stereocenters. The zero-order chi connectivity index (χ0) is 22.8. The van der Waals surface area contributed by atoms with Gasteiger partial charge < -0.3 is 19.9 Å². The summed E-state index contributed by atoms with van der Waals surface area (Å²) >= 11 is 0. The number of esters is 1. The molecule has 0 aliphatic rings. The normalized spacial score (nSPS) is 13.7. The van der Waals surface area contributed by atoms with Crippen molar-refractivity contribution in [3.05, 3.63) is 12.2 Å². The number of methoxy groups -OCH3 is 1. The molecule has 29 heavy (non-hydrogen) atoms. The molecule has 2 amide bonds. The maximum absolute atomic E-state index is 12.7. The molecule has 166 valence electrons. The molecule has 0 aromatic rings. The second-order valence-corrected chi connectivity index (χ2v) is 8.40. The van der Waals surface area contributed by atoms with Crippen LogP contribution in [0.3, 0.4) is 0 Å². The third-order valence-corrected chi connectivity index (χ3v) is 3.18. The van der Waals surface area contributed by atoms with Gasteiger partial charge in [0, 0.05) is 0 Å². The third kappa shape index (κ3) is 11.8. The first-order valence-electron chi connectivity index (χ1n) is 9.42. The van der Waals surface area contributed by atoms with E-state index in [2.05, 4.69) is 4.99 Å². The Kier molecular flexibility index (Phi) is 10.4. The number of carbonyl (C=O) groups excluding carboxylic acids is 3. The molecule has 0 aliphatic heterocycles. The summed E-state index contributed by atoms with van der Waals surface area (Å²) in [5.41, 5.74) is 3.74. The molecule has 0 saturated heterocycles. The minimum atomic E-state index is -1.20. The van der Waals surface area contributed by atoms with Crippen molar-refractivity contribution in [3.8, 4) is 0 Å². The van der Waals surface area contributed by atoms with Crippen LogP contribution in [0.2, 0.25) is 0 Å². The van der Waals surface area contributed by atoms with Gasteiger partial charge in [-0.2, -0.15) is 4.90 Å². The molecule has 0 aliphatic carbocycles. The minimum absolute atomic E-state index is 0.132. The number of nitrogens with two attached hydrogens (primary N) is 1. The lowest BCUT2D eigenvalue weighted by molar-refractivity contribution is -0.146. The van der Waals surface area contributed by atoms with E-state index in [9.17, 15) is 14.4 Å². The van der Waals surface area contributed by atoms with Crippen LogP contribution in [0.4, 0.5) is 9.59 Å². The third-order valence-electron chi connectivity index (χ3n) is 3.18. The SMILES string of the molecule is COC(=O)[C@@H](CC/C=C\CN=C(C)N)N(C(=O)OC(C)(C)C)C(=O)OC(C)(C)C. The first-order chi connectivity index (χ1) is 13.2. The largest absolute Gasteiger partial charge is 0.467 e. The number of hydrogen-bond acceptors (Lipinski definition) is 7. The summed E-state index contributed by atoms with van der Waals surface area (Å²) in [6, 6.07) is -1.20. The number of imide groups is 1. The zero-order valence-corrected chi connectivity index (χ0v) is 18.8. The van der Waals surface area contributed by atoms with Gasteiger partial charge in [-0.25, -0.2) is 14.4 Å². The summed E-state index contributed by atoms with van der Waals surface area (Å²) < 4.78 is 15.4. The van der Waals surface area contributed by atoms with Crippen molar-refractivity contribution < 1.29 is 28.6 Å². The van der Waals surface area contributed by atoms with Gasteiger partial charge in [0.15, 0.2) is 0 Å². The molecular weight excluding hydrogens is 378 g/mol. The van der Waals surface area contributed by atoms with E-state index in [0.29, 0.717) is 23.7 Å². The first kappa shape index (κ1) is 26.4. The van der Waals surface area contributed by atoms with Gasteiger partial charge in [-0.1, -0.05) is 12.2 Å². The summed E-state index contributed by atoms with van der Waals surface area (Å²) in [4.78, 5) is 42.5. The molecule has 9 heteroatoms. The minimum Gasteiger partial charge on any atom is -0.467 e. The highest BCUT2D eigenvalue weighted by atomic mass is 16.6. The zero-order valence-electron chi connectivity index (χ0n) is 18.8. The van der Waals surface area contributed by atoms with Crippen LogP contribution in [-0.2, 0) is 19.0 Å². The number of amidine groups is 1. The second-order valence-electron chi connectivity index (χ2n) is 8.40. The molecule has 0 heterocycles. The fraction of sp³-hybridized carbons (Fsp3) is 0.700. The van der Waals surface area contributed by atoms with Gasteiger partial charge in [0.25, 0.3) is 0 Å². The number of nitrogens with zero attached hydrogens (tertiary/aromatic N) is 2. The van der Waals surface area contributed by atoms with E-state index >= 15 is 0 Å². The van der Waals surface area contributed by atoms with Gasteiger partial charge in [0.1, 0.15) is 17.2 Å². The van der Waals surface area contributed by atoms with E-state index in [1.54, 1.807) is 60.6 Å². The molecule has 0 radical (unpaired) electrons. The average molecular weight is 414 g/mol. The summed E-state index contributed by atoms with van der Waals surface area (Å²) in [5, 5.41) is 0. The molecule has 0 aromatic carbocycles. The number of ether oxygens (including phenoxy) is 3. The van der Waals surface area contributed by atoms with Gasteiger partial charge in [-0.3, -0.25) is 4.99 Å². The van der Waals surface area contributed by atoms with Gasteiger partial charge >= 0.3 is 18.2 Å². The quantitative estimate of drug-likeness (QED) is 0.223. The van der Waals surface area contributed by atoms with E-state index in [1.807, 2.05) is 0 Å². The van der Waals surface area contributed by atoms with E-state index in [4.69, 9.17) is 19.9 Å². The molecular formula is C20H35N3O6. The lowest BCUT2D eigenvalue weighted by atomic mass is 10.1. The highest BCUT2D eigenvalue weighted by Gasteiger charge is 2.40. The standard InChI is InChI=1S/C20H35N3O6/c1-14(21)22-13-11-9-10-12-15(16(24)27-8)23(17(25)28-19(2,3)4)18(26)29-20(5,6)7/h9,11,15H,10,12-13H2,1-8H3,(H2,21,22)/b11-9-/t15-/m1/s1. The van der Waals surface area contributed by atoms with Crippen molar-refractivity contribution in [2.24, 2.45) is 10.7 Å². The Morgan fingerprint density at radius 1 is 1.00 bits per heavy atom. The van der Waals surface area contributed by atoms with Crippen LogP contribution < -0.4 is 5.73 Å². The molecule has 0 saturated carbocycles. The van der Waals surface area contributed by atoms with E-state index in [0.717, 1.165) is 0 Å². The Morgan fingerprint density at radius 2 is 1.48 bits per heavy atom. The maximum Gasteiger partial charge on any atom is 0.420 e. The van der Waals surface area contributed by atoms with Crippen LogP contribution in [0.1, 0.15) is 61.3 Å². The van der Waals surface area contributed by atoms with Crippen LogP contribution in [-0.4, -0.2) is 59.8 Å². The number of hydrogen-bond donors (Lipinski definition) is 1. The molecule has 0 rings (SSSR count). The summed E-state index contributed by atoms with van der Waals surface area (Å²) in [7, 11) is 1.19. The topological polar surface area (TPSA) is 121 Å². The monoisotopic (exact) mass is 413 g/mol. The molecule has 2 N–H and O–H groups in total. The van der Waals surface area contributed by atoms with Crippen LogP contribution in [0.5, 0.6) is 0 Å². The Balaban J connectivity index is 5.60. The lowest BCUT2D eigenvalue weighted by Crippen LogP contribution is -2.52. The molecule has 0 spiro atoms. The van der Waals surface area contributed by atoms with Crippen molar-refractivity contribution in [1.29, 1.82) is 0 Å². The van der Waals surface area contributed by atoms with Crippen LogP contribution in [0.25, 0.3) is 0 Å². The first-order valence-corrected chi connectivity index (χ1v) is 9.42. The predicted octanol–water partition coefficient (Wildman–Crippen LogP) is 3.41. The van der Waals surface area contributed by atoms with Crippen molar-refractivity contribution in [2.75, 3.05) is 13.7 Å². The fourth-order valence-electron chi connectivity index (χ4n) is 2.08. The van der Waals surface area contributed by atoms with E-state index in [-0.39, 0.29) is 6.42 Å². The Hall–Kier alpha value is -2.58. The molecule has 1 atom stereocenters. The van der Waals surface area contributed by atoms with Crippen molar-refractivity contribution in [3.63, 3.8) is 0 Å². The Labute approximate surface area is 173 Å². The van der Waals surface area contributed by atoms with Crippen molar-refractivity contribution in [2.45, 2.75) is 78.6 Å². The van der Waals surface area contributed by atoms with Crippen LogP contribution >= 0.6 is 0 Å². The number of carbonyl (C=O) groups is 3. The molecule has 0 fully saturated rings. The Morgan fingerprint density at radius 3 is 1.86 bits per heavy atom. The Bertz CT molecular complexity index is 597. The van der Waals surface area contributed by atoms with Gasteiger partial charge in [0.05, 0.1) is 19.5 Å². The van der Waals surface area contributed by atoms with Crippen molar-refractivity contribution >= 4 is 24.0 Å². The molecule has 9 nitrogen and oxygen atoms in total. The van der Waals surface area contributed by atoms with Crippen LogP contribution in [0.15, 0.2) is 17.1 Å². The highest BCUT2D eigenvalue weighted by Crippen LogP contribution is 2.20. The molecule has 0 aromatic heterocycles. The number of rotatable bonds is 7. The van der Waals surface area contributed by atoms with Gasteiger partial charge in [-0.15, -0.1) is 0 Å². The lowest BCUT2D eigenvalue weighted by Gasteiger charge is -2.32. The number of allylic oxidation sites excluding steroid dienone is 1. The van der Waals surface area contributed by atoms with Gasteiger partial charge in [0.2, 0.25) is 0 Å². The van der Waals surface area contributed by atoms with E-state index in [1.165, 1.54) is 7.11 Å². The smallest absolute Gasteiger partial charge is 0.420 e. The summed E-state index contributed by atoms with van der Waals surface area (Å²) in [5.74, 6) is -0.283. The maximum atomic E-state index is 12.7. The van der Waals surface area contributed by atoms with Gasteiger partial charge in [-0.05, 0) is 61.3 Å². The second kappa shape index (κ2) is 11.4. The van der Waals surface area contributed by atoms with Crippen molar-refractivity contribution in [1.82, 2.24) is 4.90 Å². The molecule has 0 bridgehead atoms. The average Bonchev–Trinajstić information content (AvgIpc) is 2.52. The number of aliphatic imine (C=N–C) groups is 1. The fourth-order valence-corrected chi connectivity index (χ4v) is 2.08. The van der Waals surface area contributed by atoms with Crippen LogP contribution in [0, 0.1) is 0 Å².